The minimum absolute atomic E-state index is 0.00801. The number of piperazine rings is 1. The van der Waals surface area contributed by atoms with Crippen LogP contribution in [0.1, 0.15) is 21.5 Å². The Labute approximate surface area is 191 Å². The Morgan fingerprint density at radius 3 is 2.62 bits per heavy atom. The summed E-state index contributed by atoms with van der Waals surface area (Å²) in [7, 11) is 0. The monoisotopic (exact) mass is 451 g/mol. The van der Waals surface area contributed by atoms with E-state index in [0.29, 0.717) is 32.6 Å². The number of nitrogens with zero attached hydrogens (tertiary/aromatic N) is 2. The third-order valence-electron chi connectivity index (χ3n) is 6.37. The standard InChI is InChI=1S/C24H26ClN5O2/c25-17-1-3-18(4-2-17)29-11-13-30(14-12-29)24(32)27-9-7-16-15-28-21-6-5-20-19(22(16)21)8-10-26-23(20)31/h1-6,15,28H,7-14H2,(H,26,31)(H,27,32). The molecule has 1 saturated heterocycles. The Kier molecular flexibility index (Phi) is 5.66. The first kappa shape index (κ1) is 20.7. The van der Waals surface area contributed by atoms with Crippen molar-refractivity contribution in [3.8, 4) is 0 Å². The summed E-state index contributed by atoms with van der Waals surface area (Å²) in [6.45, 7) is 4.18. The van der Waals surface area contributed by atoms with Gasteiger partial charge in [0.1, 0.15) is 0 Å². The number of rotatable bonds is 4. The molecule has 3 heterocycles. The number of amides is 3. The molecule has 1 fully saturated rings. The van der Waals surface area contributed by atoms with Crippen molar-refractivity contribution in [2.75, 3.05) is 44.2 Å². The van der Waals surface area contributed by atoms with E-state index in [1.807, 2.05) is 47.5 Å². The molecule has 0 unspecified atom stereocenters. The van der Waals surface area contributed by atoms with E-state index in [1.54, 1.807) is 0 Å². The first-order chi connectivity index (χ1) is 15.6. The molecule has 3 aromatic rings. The molecule has 166 valence electrons. The van der Waals surface area contributed by atoms with Gasteiger partial charge < -0.3 is 25.4 Å². The molecule has 0 bridgehead atoms. The number of aromatic amines is 1. The van der Waals surface area contributed by atoms with Gasteiger partial charge in [-0.1, -0.05) is 11.6 Å². The highest BCUT2D eigenvalue weighted by Gasteiger charge is 2.23. The van der Waals surface area contributed by atoms with Crippen LogP contribution in [-0.2, 0) is 12.8 Å². The van der Waals surface area contributed by atoms with E-state index in [9.17, 15) is 9.59 Å². The van der Waals surface area contributed by atoms with Crippen LogP contribution >= 0.6 is 11.6 Å². The summed E-state index contributed by atoms with van der Waals surface area (Å²) >= 11 is 5.97. The Bertz CT molecular complexity index is 1150. The number of aromatic nitrogens is 1. The van der Waals surface area contributed by atoms with E-state index in [0.717, 1.165) is 57.8 Å². The van der Waals surface area contributed by atoms with Crippen molar-refractivity contribution in [2.24, 2.45) is 0 Å². The second kappa shape index (κ2) is 8.74. The van der Waals surface area contributed by atoms with Gasteiger partial charge in [0, 0.05) is 72.6 Å². The number of anilines is 1. The zero-order valence-corrected chi connectivity index (χ0v) is 18.5. The maximum absolute atomic E-state index is 12.7. The van der Waals surface area contributed by atoms with Crippen molar-refractivity contribution in [2.45, 2.75) is 12.8 Å². The summed E-state index contributed by atoms with van der Waals surface area (Å²) < 4.78 is 0. The lowest BCUT2D eigenvalue weighted by Gasteiger charge is -2.36. The number of benzene rings is 2. The summed E-state index contributed by atoms with van der Waals surface area (Å²) in [6, 6.07) is 11.6. The summed E-state index contributed by atoms with van der Waals surface area (Å²) in [5, 5.41) is 7.82. The second-order valence-corrected chi connectivity index (χ2v) is 8.70. The zero-order chi connectivity index (χ0) is 22.1. The topological polar surface area (TPSA) is 80.5 Å². The van der Waals surface area contributed by atoms with Crippen LogP contribution in [0.4, 0.5) is 10.5 Å². The molecule has 32 heavy (non-hydrogen) atoms. The Balaban J connectivity index is 1.17. The lowest BCUT2D eigenvalue weighted by Crippen LogP contribution is -2.52. The fourth-order valence-electron chi connectivity index (χ4n) is 4.67. The zero-order valence-electron chi connectivity index (χ0n) is 17.8. The molecule has 5 rings (SSSR count). The summed E-state index contributed by atoms with van der Waals surface area (Å²) in [5.74, 6) is -0.00801. The molecule has 0 saturated carbocycles. The van der Waals surface area contributed by atoms with Crippen LogP contribution in [0, 0.1) is 0 Å². The maximum Gasteiger partial charge on any atom is 0.317 e. The van der Waals surface area contributed by atoms with Crippen molar-refractivity contribution in [3.05, 3.63) is 64.3 Å². The number of hydrogen-bond acceptors (Lipinski definition) is 3. The normalized spacial score (nSPS) is 16.1. The number of nitrogens with one attached hydrogen (secondary N) is 3. The van der Waals surface area contributed by atoms with Gasteiger partial charge in [0.05, 0.1) is 0 Å². The molecule has 3 amide bonds. The highest BCUT2D eigenvalue weighted by atomic mass is 35.5. The Morgan fingerprint density at radius 2 is 1.84 bits per heavy atom. The molecule has 0 spiro atoms. The quantitative estimate of drug-likeness (QED) is 0.570. The number of carbonyl (C=O) groups is 2. The van der Waals surface area contributed by atoms with Crippen LogP contribution in [0.3, 0.4) is 0 Å². The largest absolute Gasteiger partial charge is 0.368 e. The van der Waals surface area contributed by atoms with E-state index in [1.165, 1.54) is 0 Å². The van der Waals surface area contributed by atoms with E-state index < -0.39 is 0 Å². The molecule has 2 aromatic carbocycles. The minimum atomic E-state index is -0.0259. The summed E-state index contributed by atoms with van der Waals surface area (Å²) in [5.41, 5.74) is 5.17. The predicted octanol–water partition coefficient (Wildman–Crippen LogP) is 3.18. The van der Waals surface area contributed by atoms with Crippen LogP contribution in [0.25, 0.3) is 10.9 Å². The molecule has 0 aliphatic carbocycles. The number of urea groups is 1. The number of carbonyl (C=O) groups excluding carboxylic acids is 2. The third kappa shape index (κ3) is 4.00. The molecule has 3 N–H and O–H groups in total. The van der Waals surface area contributed by atoms with Crippen molar-refractivity contribution in [1.29, 1.82) is 0 Å². The molecule has 1 aromatic heterocycles. The van der Waals surface area contributed by atoms with Crippen molar-refractivity contribution in [3.63, 3.8) is 0 Å². The number of H-pyrrole nitrogens is 1. The maximum atomic E-state index is 12.7. The van der Waals surface area contributed by atoms with Gasteiger partial charge in [-0.2, -0.15) is 0 Å². The lowest BCUT2D eigenvalue weighted by molar-refractivity contribution is 0.0946. The molecule has 2 aliphatic heterocycles. The lowest BCUT2D eigenvalue weighted by atomic mass is 9.94. The predicted molar refractivity (Wildman–Crippen MR) is 127 cm³/mol. The third-order valence-corrected chi connectivity index (χ3v) is 6.62. The van der Waals surface area contributed by atoms with Gasteiger partial charge in [-0.15, -0.1) is 0 Å². The smallest absolute Gasteiger partial charge is 0.317 e. The fourth-order valence-corrected chi connectivity index (χ4v) is 4.80. The van der Waals surface area contributed by atoms with Crippen LogP contribution in [-0.4, -0.2) is 61.1 Å². The Hall–Kier alpha value is -3.19. The van der Waals surface area contributed by atoms with Crippen LogP contribution in [0.5, 0.6) is 0 Å². The van der Waals surface area contributed by atoms with Crippen LogP contribution in [0.2, 0.25) is 5.02 Å². The van der Waals surface area contributed by atoms with Gasteiger partial charge in [-0.25, -0.2) is 4.79 Å². The van der Waals surface area contributed by atoms with E-state index in [4.69, 9.17) is 11.6 Å². The number of halogens is 1. The van der Waals surface area contributed by atoms with Gasteiger partial charge in [0.15, 0.2) is 0 Å². The van der Waals surface area contributed by atoms with Gasteiger partial charge in [-0.05, 0) is 60.4 Å². The molecular formula is C24H26ClN5O2. The minimum Gasteiger partial charge on any atom is -0.368 e. The van der Waals surface area contributed by atoms with E-state index in [2.05, 4.69) is 20.5 Å². The second-order valence-electron chi connectivity index (χ2n) is 8.27. The van der Waals surface area contributed by atoms with Crippen molar-refractivity contribution < 1.29 is 9.59 Å². The van der Waals surface area contributed by atoms with Gasteiger partial charge in [-0.3, -0.25) is 4.79 Å². The SMILES string of the molecule is O=C1NCCc2c1ccc1[nH]cc(CCNC(=O)N3CCN(c4ccc(Cl)cc4)CC3)c21. The van der Waals surface area contributed by atoms with Gasteiger partial charge in [0.25, 0.3) is 5.91 Å². The van der Waals surface area contributed by atoms with E-state index in [-0.39, 0.29) is 11.9 Å². The van der Waals surface area contributed by atoms with Gasteiger partial charge in [0.2, 0.25) is 0 Å². The fraction of sp³-hybridized carbons (Fsp3) is 0.333. The average Bonchev–Trinajstić information content (AvgIpc) is 3.23. The molecule has 8 heteroatoms. The van der Waals surface area contributed by atoms with Crippen molar-refractivity contribution in [1.82, 2.24) is 20.5 Å². The first-order valence-electron chi connectivity index (χ1n) is 11.0. The number of fused-ring (bicyclic) bond motifs is 3. The molecule has 7 nitrogen and oxygen atoms in total. The highest BCUT2D eigenvalue weighted by molar-refractivity contribution is 6.30. The molecular weight excluding hydrogens is 426 g/mol. The molecule has 0 atom stereocenters. The first-order valence-corrected chi connectivity index (χ1v) is 11.4. The van der Waals surface area contributed by atoms with Crippen molar-refractivity contribution >= 4 is 40.1 Å². The summed E-state index contributed by atoms with van der Waals surface area (Å²) in [6.07, 6.45) is 3.54. The van der Waals surface area contributed by atoms with Crippen LogP contribution < -0.4 is 15.5 Å². The molecule has 2 aliphatic rings. The average molecular weight is 452 g/mol. The Morgan fingerprint density at radius 1 is 1.06 bits per heavy atom. The van der Waals surface area contributed by atoms with E-state index >= 15 is 0 Å². The number of hydrogen-bond donors (Lipinski definition) is 3. The van der Waals surface area contributed by atoms with Crippen LogP contribution in [0.15, 0.2) is 42.6 Å². The highest BCUT2D eigenvalue weighted by Crippen LogP contribution is 2.28. The van der Waals surface area contributed by atoms with Gasteiger partial charge >= 0.3 is 6.03 Å². The summed E-state index contributed by atoms with van der Waals surface area (Å²) in [4.78, 5) is 32.3. The molecule has 0 radical (unpaired) electrons.